The van der Waals surface area contributed by atoms with Crippen LogP contribution in [0, 0.1) is 5.92 Å². The van der Waals surface area contributed by atoms with E-state index < -0.39 is 11.6 Å². The van der Waals surface area contributed by atoms with Crippen molar-refractivity contribution in [1.29, 1.82) is 0 Å². The van der Waals surface area contributed by atoms with Crippen molar-refractivity contribution in [2.24, 2.45) is 5.92 Å². The number of carbonyl (C=O) groups is 2. The minimum atomic E-state index is -0.919. The second-order valence-electron chi connectivity index (χ2n) is 4.25. The van der Waals surface area contributed by atoms with Crippen molar-refractivity contribution in [3.8, 4) is 0 Å². The zero-order valence-corrected chi connectivity index (χ0v) is 8.82. The van der Waals surface area contributed by atoms with Crippen LogP contribution >= 0.6 is 0 Å². The van der Waals surface area contributed by atoms with Crippen molar-refractivity contribution in [2.75, 3.05) is 6.54 Å². The molecule has 0 aromatic heterocycles. The van der Waals surface area contributed by atoms with E-state index >= 15 is 0 Å². The molecular formula is C10H17NO4. The van der Waals surface area contributed by atoms with Crippen molar-refractivity contribution >= 4 is 11.9 Å². The van der Waals surface area contributed by atoms with E-state index in [4.69, 9.17) is 5.11 Å². The van der Waals surface area contributed by atoms with E-state index in [9.17, 15) is 14.7 Å². The minimum Gasteiger partial charge on any atom is -0.481 e. The molecule has 1 aliphatic rings. The standard InChI is InChI=1S/C10H17NO4/c1-7(12)11-6-10(15)4-2-8(3-5-10)9(13)14/h8,15H,2-6H2,1H3,(H,11,12)(H,13,14). The predicted octanol–water partition coefficient (Wildman–Crippen LogP) is 0.128. The largest absolute Gasteiger partial charge is 0.481 e. The maximum Gasteiger partial charge on any atom is 0.306 e. The third-order valence-electron chi connectivity index (χ3n) is 2.93. The first-order chi connectivity index (χ1) is 6.93. The third-order valence-corrected chi connectivity index (χ3v) is 2.93. The molecule has 15 heavy (non-hydrogen) atoms. The Hall–Kier alpha value is -1.10. The summed E-state index contributed by atoms with van der Waals surface area (Å²) < 4.78 is 0. The summed E-state index contributed by atoms with van der Waals surface area (Å²) in [6.07, 6.45) is 1.82. The summed E-state index contributed by atoms with van der Waals surface area (Å²) in [5.74, 6) is -1.32. The van der Waals surface area contributed by atoms with E-state index in [-0.39, 0.29) is 18.4 Å². The van der Waals surface area contributed by atoms with Gasteiger partial charge in [0.05, 0.1) is 11.5 Å². The van der Waals surface area contributed by atoms with E-state index in [0.717, 1.165) is 0 Å². The van der Waals surface area contributed by atoms with Gasteiger partial charge < -0.3 is 15.5 Å². The van der Waals surface area contributed by atoms with Crippen LogP contribution in [-0.2, 0) is 9.59 Å². The molecule has 0 spiro atoms. The van der Waals surface area contributed by atoms with Gasteiger partial charge in [-0.25, -0.2) is 0 Å². The van der Waals surface area contributed by atoms with Crippen molar-refractivity contribution in [3.05, 3.63) is 0 Å². The predicted molar refractivity (Wildman–Crippen MR) is 53.2 cm³/mol. The summed E-state index contributed by atoms with van der Waals surface area (Å²) in [5.41, 5.74) is -0.919. The van der Waals surface area contributed by atoms with Gasteiger partial charge in [0.15, 0.2) is 0 Å². The highest BCUT2D eigenvalue weighted by molar-refractivity contribution is 5.73. The quantitative estimate of drug-likeness (QED) is 0.624. The summed E-state index contributed by atoms with van der Waals surface area (Å²) in [6, 6.07) is 0. The van der Waals surface area contributed by atoms with Gasteiger partial charge in [-0.05, 0) is 25.7 Å². The SMILES string of the molecule is CC(=O)NCC1(O)CCC(C(=O)O)CC1. The molecule has 1 saturated carbocycles. The molecule has 1 rings (SSSR count). The molecule has 0 bridgehead atoms. The Labute approximate surface area is 88.5 Å². The molecule has 0 aliphatic heterocycles. The lowest BCUT2D eigenvalue weighted by Crippen LogP contribution is -2.45. The fourth-order valence-corrected chi connectivity index (χ4v) is 1.87. The Kier molecular flexibility index (Phi) is 3.68. The molecule has 3 N–H and O–H groups in total. The Morgan fingerprint density at radius 3 is 2.33 bits per heavy atom. The Balaban J connectivity index is 2.40. The molecule has 1 aliphatic carbocycles. The number of carbonyl (C=O) groups excluding carboxylic acids is 1. The van der Waals surface area contributed by atoms with Crippen LogP contribution in [-0.4, -0.2) is 34.2 Å². The van der Waals surface area contributed by atoms with E-state index in [1.54, 1.807) is 0 Å². The average molecular weight is 215 g/mol. The molecule has 86 valence electrons. The summed E-state index contributed by atoms with van der Waals surface area (Å²) in [6.45, 7) is 1.61. The lowest BCUT2D eigenvalue weighted by Gasteiger charge is -2.34. The molecule has 0 heterocycles. The fraction of sp³-hybridized carbons (Fsp3) is 0.800. The van der Waals surface area contributed by atoms with Gasteiger partial charge in [-0.3, -0.25) is 9.59 Å². The molecule has 1 fully saturated rings. The lowest BCUT2D eigenvalue weighted by molar-refractivity contribution is -0.145. The number of aliphatic carboxylic acids is 1. The number of hydrogen-bond donors (Lipinski definition) is 3. The van der Waals surface area contributed by atoms with E-state index in [0.29, 0.717) is 25.7 Å². The van der Waals surface area contributed by atoms with Crippen LogP contribution in [0.2, 0.25) is 0 Å². The first-order valence-corrected chi connectivity index (χ1v) is 5.12. The highest BCUT2D eigenvalue weighted by Gasteiger charge is 2.35. The molecule has 0 unspecified atom stereocenters. The van der Waals surface area contributed by atoms with Crippen molar-refractivity contribution in [1.82, 2.24) is 5.32 Å². The number of amides is 1. The summed E-state index contributed by atoms with van der Waals surface area (Å²) in [7, 11) is 0. The number of hydrogen-bond acceptors (Lipinski definition) is 3. The van der Waals surface area contributed by atoms with E-state index in [1.807, 2.05) is 0 Å². The first-order valence-electron chi connectivity index (χ1n) is 5.12. The summed E-state index contributed by atoms with van der Waals surface area (Å²) in [4.78, 5) is 21.4. The zero-order valence-electron chi connectivity index (χ0n) is 8.82. The number of nitrogens with one attached hydrogen (secondary N) is 1. The van der Waals surface area contributed by atoms with Gasteiger partial charge in [0.2, 0.25) is 5.91 Å². The maximum absolute atomic E-state index is 10.7. The molecule has 0 aromatic carbocycles. The number of carboxylic acids is 1. The van der Waals surface area contributed by atoms with Crippen LogP contribution in [0.25, 0.3) is 0 Å². The Morgan fingerprint density at radius 2 is 1.93 bits per heavy atom. The normalized spacial score (nSPS) is 30.9. The highest BCUT2D eigenvalue weighted by Crippen LogP contribution is 2.31. The van der Waals surface area contributed by atoms with Crippen LogP contribution in [0.1, 0.15) is 32.6 Å². The highest BCUT2D eigenvalue weighted by atomic mass is 16.4. The monoisotopic (exact) mass is 215 g/mol. The van der Waals surface area contributed by atoms with Crippen LogP contribution in [0.3, 0.4) is 0 Å². The van der Waals surface area contributed by atoms with Gasteiger partial charge >= 0.3 is 5.97 Å². The van der Waals surface area contributed by atoms with Gasteiger partial charge in [0.1, 0.15) is 0 Å². The smallest absolute Gasteiger partial charge is 0.306 e. The first kappa shape index (κ1) is 12.0. The molecule has 5 nitrogen and oxygen atoms in total. The van der Waals surface area contributed by atoms with Gasteiger partial charge in [-0.2, -0.15) is 0 Å². The number of rotatable bonds is 3. The van der Waals surface area contributed by atoms with Crippen LogP contribution in [0.15, 0.2) is 0 Å². The molecule has 0 saturated heterocycles. The summed E-state index contributed by atoms with van der Waals surface area (Å²) >= 11 is 0. The van der Waals surface area contributed by atoms with E-state index in [2.05, 4.69) is 5.32 Å². The third kappa shape index (κ3) is 3.51. The molecular weight excluding hydrogens is 198 g/mol. The van der Waals surface area contributed by atoms with Gasteiger partial charge in [-0.15, -0.1) is 0 Å². The van der Waals surface area contributed by atoms with Crippen LogP contribution in [0.5, 0.6) is 0 Å². The lowest BCUT2D eigenvalue weighted by atomic mass is 9.79. The summed E-state index contributed by atoms with van der Waals surface area (Å²) in [5, 5.41) is 21.4. The Bertz CT molecular complexity index is 256. The van der Waals surface area contributed by atoms with E-state index in [1.165, 1.54) is 6.92 Å². The minimum absolute atomic E-state index is 0.177. The molecule has 0 aromatic rings. The fourth-order valence-electron chi connectivity index (χ4n) is 1.87. The molecule has 0 radical (unpaired) electrons. The second kappa shape index (κ2) is 4.61. The van der Waals surface area contributed by atoms with Crippen molar-refractivity contribution < 1.29 is 19.8 Å². The van der Waals surface area contributed by atoms with Gasteiger partial charge in [0, 0.05) is 13.5 Å². The maximum atomic E-state index is 10.7. The Morgan fingerprint density at radius 1 is 1.40 bits per heavy atom. The number of aliphatic hydroxyl groups is 1. The van der Waals surface area contributed by atoms with Crippen LogP contribution in [0.4, 0.5) is 0 Å². The van der Waals surface area contributed by atoms with Crippen molar-refractivity contribution in [3.63, 3.8) is 0 Å². The second-order valence-corrected chi connectivity index (χ2v) is 4.25. The number of carboxylic acid groups (broad SMARTS) is 1. The van der Waals surface area contributed by atoms with Crippen molar-refractivity contribution in [2.45, 2.75) is 38.2 Å². The molecule has 0 atom stereocenters. The molecule has 1 amide bonds. The zero-order chi connectivity index (χ0) is 11.5. The van der Waals surface area contributed by atoms with Crippen LogP contribution < -0.4 is 5.32 Å². The van der Waals surface area contributed by atoms with Gasteiger partial charge in [-0.1, -0.05) is 0 Å². The van der Waals surface area contributed by atoms with Gasteiger partial charge in [0.25, 0.3) is 0 Å². The average Bonchev–Trinajstić information content (AvgIpc) is 2.16. The topological polar surface area (TPSA) is 86.6 Å². The molecule has 5 heteroatoms.